The van der Waals surface area contributed by atoms with E-state index in [1.165, 1.54) is 5.56 Å². The molecule has 3 rings (SSSR count). The molecule has 2 fully saturated rings. The van der Waals surface area contributed by atoms with Crippen molar-refractivity contribution in [3.05, 3.63) is 35.9 Å². The Labute approximate surface area is 136 Å². The number of nitrogens with one attached hydrogen (secondary N) is 1. The van der Waals surface area contributed by atoms with Gasteiger partial charge in [-0.15, -0.1) is 36.6 Å². The van der Waals surface area contributed by atoms with Gasteiger partial charge in [0.1, 0.15) is 0 Å². The van der Waals surface area contributed by atoms with E-state index < -0.39 is 0 Å². The molecule has 1 amide bonds. The number of hydrogen-bond acceptors (Lipinski definition) is 3. The summed E-state index contributed by atoms with van der Waals surface area (Å²) in [4.78, 5) is 14.3. The van der Waals surface area contributed by atoms with Crippen molar-refractivity contribution in [1.29, 1.82) is 0 Å². The second-order valence-electron chi connectivity index (χ2n) is 4.94. The molecule has 6 heteroatoms. The first-order valence-corrected chi connectivity index (χ1v) is 7.65. The van der Waals surface area contributed by atoms with Crippen molar-refractivity contribution >= 4 is 42.5 Å². The summed E-state index contributed by atoms with van der Waals surface area (Å²) in [5.41, 5.74) is 1.34. The number of benzene rings is 1. The number of amides is 1. The van der Waals surface area contributed by atoms with Crippen LogP contribution in [-0.2, 0) is 4.79 Å². The molecule has 0 spiro atoms. The van der Waals surface area contributed by atoms with Crippen LogP contribution in [0.3, 0.4) is 0 Å². The lowest BCUT2D eigenvalue weighted by Gasteiger charge is -2.19. The molecule has 2 aliphatic rings. The minimum absolute atomic E-state index is 0. The Balaban J connectivity index is 0.000001000. The molecule has 0 unspecified atom stereocenters. The Hall–Kier alpha value is -0.420. The highest BCUT2D eigenvalue weighted by atomic mass is 35.5. The number of halogens is 2. The van der Waals surface area contributed by atoms with Gasteiger partial charge in [0.25, 0.3) is 0 Å². The molecule has 1 aromatic carbocycles. The Morgan fingerprint density at radius 3 is 2.65 bits per heavy atom. The second-order valence-corrected chi connectivity index (χ2v) is 6.02. The Morgan fingerprint density at radius 1 is 1.25 bits per heavy atom. The van der Waals surface area contributed by atoms with Gasteiger partial charge >= 0.3 is 0 Å². The van der Waals surface area contributed by atoms with Gasteiger partial charge in [-0.2, -0.15) is 0 Å². The van der Waals surface area contributed by atoms with Gasteiger partial charge in [-0.05, 0) is 17.9 Å². The first-order valence-electron chi connectivity index (χ1n) is 6.49. The third-order valence-corrected chi connectivity index (χ3v) is 4.73. The molecule has 0 aliphatic carbocycles. The predicted molar refractivity (Wildman–Crippen MR) is 89.1 cm³/mol. The zero-order valence-corrected chi connectivity index (χ0v) is 13.6. The van der Waals surface area contributed by atoms with Gasteiger partial charge in [-0.25, -0.2) is 0 Å². The number of nitrogens with zero attached hydrogens (tertiary/aromatic N) is 1. The second kappa shape index (κ2) is 8.13. The van der Waals surface area contributed by atoms with Gasteiger partial charge in [0, 0.05) is 18.8 Å². The Bertz CT molecular complexity index is 426. The molecule has 0 aromatic heterocycles. The molecular formula is C14H20Cl2N2OS. The summed E-state index contributed by atoms with van der Waals surface area (Å²) in [6.45, 7) is 1.83. The average molecular weight is 335 g/mol. The van der Waals surface area contributed by atoms with Crippen LogP contribution in [0.4, 0.5) is 0 Å². The Morgan fingerprint density at radius 2 is 2.00 bits per heavy atom. The van der Waals surface area contributed by atoms with Crippen molar-refractivity contribution in [2.24, 2.45) is 0 Å². The molecule has 2 heterocycles. The van der Waals surface area contributed by atoms with Crippen LogP contribution < -0.4 is 5.32 Å². The van der Waals surface area contributed by atoms with Crippen molar-refractivity contribution in [2.45, 2.75) is 18.4 Å². The van der Waals surface area contributed by atoms with E-state index in [1.54, 1.807) is 0 Å². The van der Waals surface area contributed by atoms with Gasteiger partial charge in [0.15, 0.2) is 0 Å². The van der Waals surface area contributed by atoms with E-state index >= 15 is 0 Å². The Kier molecular flexibility index (Phi) is 7.17. The lowest BCUT2D eigenvalue weighted by Crippen LogP contribution is -2.42. The van der Waals surface area contributed by atoms with Crippen molar-refractivity contribution in [3.63, 3.8) is 0 Å². The van der Waals surface area contributed by atoms with Crippen LogP contribution in [0, 0.1) is 0 Å². The zero-order chi connectivity index (χ0) is 12.4. The van der Waals surface area contributed by atoms with Gasteiger partial charge in [-0.3, -0.25) is 4.79 Å². The fourth-order valence-corrected chi connectivity index (χ4v) is 3.67. The zero-order valence-electron chi connectivity index (χ0n) is 11.2. The summed E-state index contributed by atoms with van der Waals surface area (Å²) in [5, 5.41) is 3.38. The van der Waals surface area contributed by atoms with Crippen LogP contribution in [-0.4, -0.2) is 41.6 Å². The molecule has 3 nitrogen and oxygen atoms in total. The summed E-state index contributed by atoms with van der Waals surface area (Å²) in [5.74, 6) is 2.72. The van der Waals surface area contributed by atoms with Gasteiger partial charge in [0.2, 0.25) is 5.91 Å². The fraction of sp³-hybridized carbons (Fsp3) is 0.500. The lowest BCUT2D eigenvalue weighted by atomic mass is 9.96. The molecular weight excluding hydrogens is 315 g/mol. The average Bonchev–Trinajstić information content (AvgIpc) is 3.10. The first-order chi connectivity index (χ1) is 8.84. The number of thioether (sulfide) groups is 1. The molecule has 1 aromatic rings. The van der Waals surface area contributed by atoms with Crippen molar-refractivity contribution < 1.29 is 4.79 Å². The highest BCUT2D eigenvalue weighted by Gasteiger charge is 2.33. The van der Waals surface area contributed by atoms with E-state index in [0.717, 1.165) is 31.1 Å². The third-order valence-electron chi connectivity index (χ3n) is 3.76. The van der Waals surface area contributed by atoms with E-state index in [2.05, 4.69) is 29.6 Å². The van der Waals surface area contributed by atoms with Crippen LogP contribution >= 0.6 is 36.6 Å². The number of carbonyl (C=O) groups excluding carboxylic acids is 1. The van der Waals surface area contributed by atoms with E-state index in [4.69, 9.17) is 0 Å². The van der Waals surface area contributed by atoms with Crippen LogP contribution in [0.2, 0.25) is 0 Å². The van der Waals surface area contributed by atoms with Crippen molar-refractivity contribution in [1.82, 2.24) is 10.2 Å². The van der Waals surface area contributed by atoms with Gasteiger partial charge < -0.3 is 10.2 Å². The molecule has 20 heavy (non-hydrogen) atoms. The summed E-state index contributed by atoms with van der Waals surface area (Å²) in [6, 6.07) is 10.5. The summed E-state index contributed by atoms with van der Waals surface area (Å²) < 4.78 is 0. The maximum absolute atomic E-state index is 12.3. The van der Waals surface area contributed by atoms with E-state index in [1.807, 2.05) is 22.7 Å². The highest BCUT2D eigenvalue weighted by Crippen LogP contribution is 2.27. The number of carbonyl (C=O) groups is 1. The van der Waals surface area contributed by atoms with Crippen molar-refractivity contribution in [3.8, 4) is 0 Å². The SMILES string of the molecule is Cl.Cl.O=C([C@@H]1C[C@@H](c2ccccc2)CN1)N1CCSC1. The van der Waals surface area contributed by atoms with Crippen LogP contribution in [0.25, 0.3) is 0 Å². The van der Waals surface area contributed by atoms with Crippen LogP contribution in [0.5, 0.6) is 0 Å². The maximum Gasteiger partial charge on any atom is 0.240 e. The largest absolute Gasteiger partial charge is 0.331 e. The van der Waals surface area contributed by atoms with Crippen molar-refractivity contribution in [2.75, 3.05) is 24.7 Å². The quantitative estimate of drug-likeness (QED) is 0.901. The molecule has 2 aliphatic heterocycles. The molecule has 0 radical (unpaired) electrons. The monoisotopic (exact) mass is 334 g/mol. The van der Waals surface area contributed by atoms with Gasteiger partial charge in [0.05, 0.1) is 11.9 Å². The number of rotatable bonds is 2. The molecule has 1 N–H and O–H groups in total. The first kappa shape index (κ1) is 17.6. The van der Waals surface area contributed by atoms with E-state index in [0.29, 0.717) is 11.8 Å². The predicted octanol–water partition coefficient (Wildman–Crippen LogP) is 2.51. The highest BCUT2D eigenvalue weighted by molar-refractivity contribution is 7.99. The minimum Gasteiger partial charge on any atom is -0.331 e. The number of hydrogen-bond donors (Lipinski definition) is 1. The van der Waals surface area contributed by atoms with Gasteiger partial charge in [-0.1, -0.05) is 30.3 Å². The maximum atomic E-state index is 12.3. The summed E-state index contributed by atoms with van der Waals surface area (Å²) in [7, 11) is 0. The van der Waals surface area contributed by atoms with E-state index in [9.17, 15) is 4.79 Å². The summed E-state index contributed by atoms with van der Waals surface area (Å²) >= 11 is 1.84. The molecule has 2 saturated heterocycles. The topological polar surface area (TPSA) is 32.3 Å². The molecule has 112 valence electrons. The lowest BCUT2D eigenvalue weighted by molar-refractivity contribution is -0.131. The smallest absolute Gasteiger partial charge is 0.240 e. The minimum atomic E-state index is 0. The van der Waals surface area contributed by atoms with E-state index in [-0.39, 0.29) is 30.9 Å². The summed E-state index contributed by atoms with van der Waals surface area (Å²) in [6.07, 6.45) is 0.935. The third kappa shape index (κ3) is 3.82. The normalized spacial score (nSPS) is 24.9. The molecule has 0 saturated carbocycles. The molecule has 0 bridgehead atoms. The standard InChI is InChI=1S/C14H18N2OS.2ClH/c17-14(16-6-7-18-10-16)13-8-12(9-15-13)11-4-2-1-3-5-11;;/h1-5,12-13,15H,6-10H2;2*1H/t12-,13+;;/m1../s1. The molecule has 2 atom stereocenters. The van der Waals surface area contributed by atoms with Crippen LogP contribution in [0.1, 0.15) is 17.9 Å². The fourth-order valence-electron chi connectivity index (χ4n) is 2.71. The van der Waals surface area contributed by atoms with Crippen LogP contribution in [0.15, 0.2) is 30.3 Å².